The zero-order valence-corrected chi connectivity index (χ0v) is 7.65. The molecule has 0 amide bonds. The predicted octanol–water partition coefficient (Wildman–Crippen LogP) is 0.605. The summed E-state index contributed by atoms with van der Waals surface area (Å²) in [5.74, 6) is 0.471. The minimum Gasteiger partial charge on any atom is -0.225 e. The molecule has 0 spiro atoms. The highest BCUT2D eigenvalue weighted by atomic mass is 15.5. The number of hydrogen-bond donors (Lipinski definition) is 0. The number of nitrogens with zero attached hydrogens (tertiary/aromatic N) is 6. The second-order valence-electron chi connectivity index (χ2n) is 2.93. The molecule has 0 aliphatic heterocycles. The molecule has 3 rings (SSSR count). The van der Waals surface area contributed by atoms with E-state index in [4.69, 9.17) is 0 Å². The summed E-state index contributed by atoms with van der Waals surface area (Å²) in [5, 5.41) is 7.99. The number of fused-ring (bicyclic) bond motifs is 1. The van der Waals surface area contributed by atoms with Gasteiger partial charge in [-0.2, -0.15) is 14.6 Å². The maximum absolute atomic E-state index is 4.01. The molecule has 2 heterocycles. The largest absolute Gasteiger partial charge is 0.255 e. The third-order valence-electron chi connectivity index (χ3n) is 2.02. The van der Waals surface area contributed by atoms with Gasteiger partial charge >= 0.3 is 0 Å². The Bertz CT molecular complexity index is 588. The Morgan fingerprint density at radius 3 is 2.67 bits per heavy atom. The molecule has 0 bridgehead atoms. The van der Waals surface area contributed by atoms with Crippen molar-refractivity contribution in [2.24, 2.45) is 0 Å². The van der Waals surface area contributed by atoms with Gasteiger partial charge in [-0.15, -0.1) is 5.10 Å². The Kier molecular flexibility index (Phi) is 1.64. The van der Waals surface area contributed by atoms with Crippen molar-refractivity contribution >= 4 is 11.0 Å². The number of rotatable bonds is 1. The lowest BCUT2D eigenvalue weighted by Crippen LogP contribution is -2.02. The lowest BCUT2D eigenvalue weighted by molar-refractivity contribution is 0.764. The first-order chi connectivity index (χ1) is 7.45. The van der Waals surface area contributed by atoms with E-state index in [1.165, 1.54) is 12.7 Å². The molecule has 0 saturated carbocycles. The molecule has 1 aromatic carbocycles. The van der Waals surface area contributed by atoms with Gasteiger partial charge in [0.2, 0.25) is 0 Å². The van der Waals surface area contributed by atoms with Crippen LogP contribution in [0.15, 0.2) is 36.9 Å². The topological polar surface area (TPSA) is 69.4 Å². The Morgan fingerprint density at radius 2 is 1.80 bits per heavy atom. The Morgan fingerprint density at radius 1 is 1.00 bits per heavy atom. The molecular formula is C9H6N6. The molecular weight excluding hydrogens is 192 g/mol. The van der Waals surface area contributed by atoms with Crippen molar-refractivity contribution in [1.82, 2.24) is 29.9 Å². The van der Waals surface area contributed by atoms with E-state index >= 15 is 0 Å². The van der Waals surface area contributed by atoms with E-state index in [1.807, 2.05) is 24.3 Å². The van der Waals surface area contributed by atoms with Crippen LogP contribution in [-0.2, 0) is 0 Å². The molecule has 3 aromatic rings. The van der Waals surface area contributed by atoms with Crippen LogP contribution in [0.2, 0.25) is 0 Å². The molecule has 0 atom stereocenters. The highest BCUT2D eigenvalue weighted by molar-refractivity contribution is 5.75. The maximum Gasteiger partial charge on any atom is 0.255 e. The quantitative estimate of drug-likeness (QED) is 0.572. The first-order valence-corrected chi connectivity index (χ1v) is 4.38. The number of hydrogen-bond acceptors (Lipinski definition) is 5. The molecule has 6 nitrogen and oxygen atoms in total. The summed E-state index contributed by atoms with van der Waals surface area (Å²) in [6.45, 7) is 0. The van der Waals surface area contributed by atoms with E-state index in [1.54, 1.807) is 4.68 Å². The zero-order valence-electron chi connectivity index (χ0n) is 7.65. The van der Waals surface area contributed by atoms with Crippen LogP contribution < -0.4 is 0 Å². The van der Waals surface area contributed by atoms with Gasteiger partial charge in [-0.3, -0.25) is 0 Å². The summed E-state index contributed by atoms with van der Waals surface area (Å²) in [5.41, 5.74) is 1.70. The fourth-order valence-corrected chi connectivity index (χ4v) is 1.36. The van der Waals surface area contributed by atoms with Gasteiger partial charge < -0.3 is 0 Å². The van der Waals surface area contributed by atoms with E-state index in [9.17, 15) is 0 Å². The van der Waals surface area contributed by atoms with Crippen LogP contribution in [0.1, 0.15) is 0 Å². The molecule has 2 aromatic heterocycles. The van der Waals surface area contributed by atoms with Gasteiger partial charge in [0.15, 0.2) is 0 Å². The second-order valence-corrected chi connectivity index (χ2v) is 2.93. The van der Waals surface area contributed by atoms with Gasteiger partial charge in [-0.25, -0.2) is 4.98 Å². The minimum absolute atomic E-state index is 0.471. The van der Waals surface area contributed by atoms with Gasteiger partial charge in [-0.05, 0) is 12.1 Å². The van der Waals surface area contributed by atoms with Crippen LogP contribution in [0.5, 0.6) is 0 Å². The third-order valence-corrected chi connectivity index (χ3v) is 2.02. The first-order valence-electron chi connectivity index (χ1n) is 4.38. The molecule has 0 N–H and O–H groups in total. The van der Waals surface area contributed by atoms with Gasteiger partial charge in [0.1, 0.15) is 18.2 Å². The maximum atomic E-state index is 4.01. The molecule has 0 unspecified atom stereocenters. The molecule has 0 aliphatic rings. The van der Waals surface area contributed by atoms with Crippen LogP contribution in [0.25, 0.3) is 17.0 Å². The highest BCUT2D eigenvalue weighted by Crippen LogP contribution is 2.11. The van der Waals surface area contributed by atoms with Crippen molar-refractivity contribution in [1.29, 1.82) is 0 Å². The summed E-state index contributed by atoms with van der Waals surface area (Å²) in [4.78, 5) is 11.8. The minimum atomic E-state index is 0.471. The monoisotopic (exact) mass is 198 g/mol. The number of para-hydroxylation sites is 1. The standard InChI is InChI=1S/C9H6N6/c1-2-4-8-7(3-1)13-14-15(8)9-11-5-10-6-12-9/h1-6H. The normalized spacial score (nSPS) is 10.7. The predicted molar refractivity (Wildman–Crippen MR) is 52.3 cm³/mol. The van der Waals surface area contributed by atoms with E-state index in [0.29, 0.717) is 5.95 Å². The molecule has 0 fully saturated rings. The van der Waals surface area contributed by atoms with Crippen molar-refractivity contribution in [3.63, 3.8) is 0 Å². The Balaban J connectivity index is 2.28. The summed E-state index contributed by atoms with van der Waals surface area (Å²) in [7, 11) is 0. The molecule has 72 valence electrons. The van der Waals surface area contributed by atoms with Gasteiger partial charge in [0.25, 0.3) is 5.95 Å². The average Bonchev–Trinajstić information content (AvgIpc) is 2.74. The van der Waals surface area contributed by atoms with Crippen molar-refractivity contribution in [3.8, 4) is 5.95 Å². The summed E-state index contributed by atoms with van der Waals surface area (Å²) < 4.78 is 1.58. The van der Waals surface area contributed by atoms with Gasteiger partial charge in [0.05, 0.1) is 5.52 Å². The van der Waals surface area contributed by atoms with E-state index in [-0.39, 0.29) is 0 Å². The van der Waals surface area contributed by atoms with Crippen molar-refractivity contribution in [2.45, 2.75) is 0 Å². The molecule has 15 heavy (non-hydrogen) atoms. The van der Waals surface area contributed by atoms with Crippen LogP contribution >= 0.6 is 0 Å². The number of aromatic nitrogens is 6. The molecule has 0 aliphatic carbocycles. The lowest BCUT2D eigenvalue weighted by atomic mass is 10.3. The van der Waals surface area contributed by atoms with Crippen molar-refractivity contribution < 1.29 is 0 Å². The fraction of sp³-hybridized carbons (Fsp3) is 0. The SMILES string of the molecule is c1ccc2c(c1)nnn2-c1ncncn1. The first kappa shape index (κ1) is 7.98. The van der Waals surface area contributed by atoms with E-state index < -0.39 is 0 Å². The van der Waals surface area contributed by atoms with Gasteiger partial charge in [0, 0.05) is 0 Å². The van der Waals surface area contributed by atoms with Crippen molar-refractivity contribution in [3.05, 3.63) is 36.9 Å². The van der Waals surface area contributed by atoms with Crippen LogP contribution in [0.4, 0.5) is 0 Å². The van der Waals surface area contributed by atoms with Crippen LogP contribution in [0.3, 0.4) is 0 Å². The van der Waals surface area contributed by atoms with Gasteiger partial charge in [-0.1, -0.05) is 17.3 Å². The Labute approximate surface area is 84.6 Å². The van der Waals surface area contributed by atoms with Crippen molar-refractivity contribution in [2.75, 3.05) is 0 Å². The third kappa shape index (κ3) is 1.23. The average molecular weight is 198 g/mol. The zero-order chi connectivity index (χ0) is 10.1. The summed E-state index contributed by atoms with van der Waals surface area (Å²) in [6, 6.07) is 7.64. The summed E-state index contributed by atoms with van der Waals surface area (Å²) >= 11 is 0. The molecule has 0 radical (unpaired) electrons. The Hall–Kier alpha value is -2.37. The second kappa shape index (κ2) is 3.09. The summed E-state index contributed by atoms with van der Waals surface area (Å²) in [6.07, 6.45) is 2.86. The molecule has 0 saturated heterocycles. The molecule has 6 heteroatoms. The smallest absolute Gasteiger partial charge is 0.225 e. The van der Waals surface area contributed by atoms with Crippen LogP contribution in [0, 0.1) is 0 Å². The highest BCUT2D eigenvalue weighted by Gasteiger charge is 2.06. The fourth-order valence-electron chi connectivity index (χ4n) is 1.36. The van der Waals surface area contributed by atoms with E-state index in [0.717, 1.165) is 11.0 Å². The van der Waals surface area contributed by atoms with Crippen LogP contribution in [-0.4, -0.2) is 29.9 Å². The van der Waals surface area contributed by atoms with E-state index in [2.05, 4.69) is 25.3 Å². The number of benzene rings is 1. The lowest BCUT2D eigenvalue weighted by Gasteiger charge is -1.97.